The van der Waals surface area contributed by atoms with Crippen LogP contribution in [-0.4, -0.2) is 39.6 Å². The second kappa shape index (κ2) is 9.35. The van der Waals surface area contributed by atoms with Crippen LogP contribution in [-0.2, 0) is 19.5 Å². The Kier molecular flexibility index (Phi) is 6.37. The smallest absolute Gasteiger partial charge is 0.272 e. The normalized spacial score (nSPS) is 13.6. The molecule has 1 aliphatic rings. The van der Waals surface area contributed by atoms with E-state index in [-0.39, 0.29) is 17.5 Å². The van der Waals surface area contributed by atoms with Crippen LogP contribution in [0.3, 0.4) is 0 Å². The maximum absolute atomic E-state index is 13.1. The minimum atomic E-state index is -0.286. The molecular formula is C24H25ClN4O2. The zero-order valence-electron chi connectivity index (χ0n) is 17.5. The number of benzene rings is 2. The predicted molar refractivity (Wildman–Crippen MR) is 120 cm³/mol. The summed E-state index contributed by atoms with van der Waals surface area (Å²) in [5.74, 6) is -0.382. The van der Waals surface area contributed by atoms with E-state index in [4.69, 9.17) is 11.6 Å². The first kappa shape index (κ1) is 21.1. The van der Waals surface area contributed by atoms with Crippen LogP contribution in [0.25, 0.3) is 0 Å². The molecule has 0 saturated heterocycles. The molecule has 4 rings (SSSR count). The summed E-state index contributed by atoms with van der Waals surface area (Å²) in [4.78, 5) is 27.5. The molecule has 2 amide bonds. The number of aryl methyl sites for hydroxylation is 2. The number of nitrogens with zero attached hydrogens (tertiary/aromatic N) is 3. The summed E-state index contributed by atoms with van der Waals surface area (Å²) < 4.78 is 1.65. The quantitative estimate of drug-likeness (QED) is 0.638. The number of amides is 2. The highest BCUT2D eigenvalue weighted by Crippen LogP contribution is 2.18. The summed E-state index contributed by atoms with van der Waals surface area (Å²) in [5.41, 5.74) is 3.97. The molecule has 0 aliphatic carbocycles. The fourth-order valence-electron chi connectivity index (χ4n) is 3.83. The van der Waals surface area contributed by atoms with Gasteiger partial charge in [0.2, 0.25) is 0 Å². The number of carbonyl (C=O) groups excluding carboxylic acids is 2. The van der Waals surface area contributed by atoms with E-state index in [2.05, 4.69) is 16.5 Å². The first-order chi connectivity index (χ1) is 15.0. The molecular weight excluding hydrogens is 412 g/mol. The first-order valence-corrected chi connectivity index (χ1v) is 10.8. The lowest BCUT2D eigenvalue weighted by molar-refractivity contribution is 0.0745. The van der Waals surface area contributed by atoms with Crippen molar-refractivity contribution in [1.82, 2.24) is 20.0 Å². The molecule has 2 aromatic carbocycles. The van der Waals surface area contributed by atoms with E-state index in [1.165, 1.54) is 5.56 Å². The second-order valence-electron chi connectivity index (χ2n) is 7.80. The summed E-state index contributed by atoms with van der Waals surface area (Å²) in [5, 5.41) is 7.95. The zero-order chi connectivity index (χ0) is 21.8. The average Bonchev–Trinajstić information content (AvgIpc) is 3.12. The third-order valence-corrected chi connectivity index (χ3v) is 5.78. The van der Waals surface area contributed by atoms with Gasteiger partial charge >= 0.3 is 0 Å². The Morgan fingerprint density at radius 3 is 2.77 bits per heavy atom. The van der Waals surface area contributed by atoms with Crippen LogP contribution < -0.4 is 5.32 Å². The SMILES string of the molecule is Cc1cccc(CN2CCCn3nc(C(=O)NCCc4ccccc4Cl)cc3C2=O)c1. The Bertz CT molecular complexity index is 1110. The van der Waals surface area contributed by atoms with Gasteiger partial charge in [-0.25, -0.2) is 0 Å². The number of hydrogen-bond acceptors (Lipinski definition) is 3. The topological polar surface area (TPSA) is 67.2 Å². The highest BCUT2D eigenvalue weighted by Gasteiger charge is 2.26. The molecule has 1 aliphatic heterocycles. The van der Waals surface area contributed by atoms with E-state index in [0.29, 0.717) is 43.3 Å². The average molecular weight is 437 g/mol. The van der Waals surface area contributed by atoms with Crippen molar-refractivity contribution in [2.75, 3.05) is 13.1 Å². The van der Waals surface area contributed by atoms with Crippen molar-refractivity contribution >= 4 is 23.4 Å². The summed E-state index contributed by atoms with van der Waals surface area (Å²) >= 11 is 6.17. The lowest BCUT2D eigenvalue weighted by Crippen LogP contribution is -2.30. The molecule has 2 heterocycles. The molecule has 0 unspecified atom stereocenters. The molecule has 0 atom stereocenters. The molecule has 0 radical (unpaired) electrons. The van der Waals surface area contributed by atoms with Crippen molar-refractivity contribution in [3.63, 3.8) is 0 Å². The highest BCUT2D eigenvalue weighted by atomic mass is 35.5. The van der Waals surface area contributed by atoms with E-state index in [9.17, 15) is 9.59 Å². The van der Waals surface area contributed by atoms with E-state index in [1.54, 1.807) is 10.7 Å². The summed E-state index contributed by atoms with van der Waals surface area (Å²) in [6, 6.07) is 17.3. The second-order valence-corrected chi connectivity index (χ2v) is 8.21. The van der Waals surface area contributed by atoms with E-state index < -0.39 is 0 Å². The molecule has 0 bridgehead atoms. The molecule has 160 valence electrons. The van der Waals surface area contributed by atoms with E-state index in [0.717, 1.165) is 17.5 Å². The van der Waals surface area contributed by atoms with Crippen LogP contribution in [0.2, 0.25) is 5.02 Å². The Morgan fingerprint density at radius 2 is 1.97 bits per heavy atom. The van der Waals surface area contributed by atoms with Crippen LogP contribution in [0.1, 0.15) is 44.1 Å². The largest absolute Gasteiger partial charge is 0.350 e. The fourth-order valence-corrected chi connectivity index (χ4v) is 4.06. The molecule has 6 nitrogen and oxygen atoms in total. The summed E-state index contributed by atoms with van der Waals surface area (Å²) in [6.45, 7) is 4.30. The standard InChI is InChI=1S/C24H25ClN4O2/c1-17-6-4-7-18(14-17)16-28-12-5-13-29-22(24(28)31)15-21(27-29)23(30)26-11-10-19-8-2-3-9-20(19)25/h2-4,6-9,14-15H,5,10-13,16H2,1H3,(H,26,30). The number of halogens is 1. The van der Waals surface area contributed by atoms with E-state index in [1.807, 2.05) is 54.3 Å². The van der Waals surface area contributed by atoms with Crippen molar-refractivity contribution in [3.05, 3.63) is 87.7 Å². The summed E-state index contributed by atoms with van der Waals surface area (Å²) in [6.07, 6.45) is 1.42. The van der Waals surface area contributed by atoms with Crippen molar-refractivity contribution in [2.24, 2.45) is 0 Å². The fraction of sp³-hybridized carbons (Fsp3) is 0.292. The minimum absolute atomic E-state index is 0.0957. The Hall–Kier alpha value is -3.12. The number of nitrogens with one attached hydrogen (secondary N) is 1. The highest BCUT2D eigenvalue weighted by molar-refractivity contribution is 6.31. The minimum Gasteiger partial charge on any atom is -0.350 e. The molecule has 1 aromatic heterocycles. The maximum Gasteiger partial charge on any atom is 0.272 e. The van der Waals surface area contributed by atoms with Crippen molar-refractivity contribution < 1.29 is 9.59 Å². The van der Waals surface area contributed by atoms with Gasteiger partial charge in [0.25, 0.3) is 11.8 Å². The van der Waals surface area contributed by atoms with E-state index >= 15 is 0 Å². The van der Waals surface area contributed by atoms with Crippen molar-refractivity contribution in [2.45, 2.75) is 32.9 Å². The van der Waals surface area contributed by atoms with Gasteiger partial charge in [0.15, 0.2) is 5.69 Å². The molecule has 3 aromatic rings. The lowest BCUT2D eigenvalue weighted by atomic mass is 10.1. The Balaban J connectivity index is 1.42. The van der Waals surface area contributed by atoms with Gasteiger partial charge in [-0.1, -0.05) is 59.6 Å². The molecule has 7 heteroatoms. The van der Waals surface area contributed by atoms with Crippen molar-refractivity contribution in [1.29, 1.82) is 0 Å². The number of carbonyl (C=O) groups is 2. The Labute approximate surface area is 186 Å². The number of fused-ring (bicyclic) bond motifs is 1. The molecule has 0 spiro atoms. The molecule has 31 heavy (non-hydrogen) atoms. The number of rotatable bonds is 6. The molecule has 0 fully saturated rings. The van der Waals surface area contributed by atoms with Crippen LogP contribution in [0, 0.1) is 6.92 Å². The molecule has 1 N–H and O–H groups in total. The first-order valence-electron chi connectivity index (χ1n) is 10.5. The van der Waals surface area contributed by atoms with Crippen LogP contribution >= 0.6 is 11.6 Å². The third kappa shape index (κ3) is 4.97. The third-order valence-electron chi connectivity index (χ3n) is 5.41. The van der Waals surface area contributed by atoms with Crippen LogP contribution in [0.5, 0.6) is 0 Å². The maximum atomic E-state index is 13.1. The number of aromatic nitrogens is 2. The van der Waals surface area contributed by atoms with Gasteiger partial charge in [0.1, 0.15) is 5.69 Å². The lowest BCUT2D eigenvalue weighted by Gasteiger charge is -2.20. The monoisotopic (exact) mass is 436 g/mol. The van der Waals surface area contributed by atoms with Crippen LogP contribution in [0.15, 0.2) is 54.6 Å². The van der Waals surface area contributed by atoms with Gasteiger partial charge in [-0.2, -0.15) is 5.10 Å². The van der Waals surface area contributed by atoms with Gasteiger partial charge in [0, 0.05) is 37.3 Å². The Morgan fingerprint density at radius 1 is 1.13 bits per heavy atom. The van der Waals surface area contributed by atoms with Gasteiger partial charge in [-0.05, 0) is 37.0 Å². The van der Waals surface area contributed by atoms with Gasteiger partial charge < -0.3 is 10.2 Å². The zero-order valence-corrected chi connectivity index (χ0v) is 18.2. The van der Waals surface area contributed by atoms with Gasteiger partial charge in [-0.3, -0.25) is 14.3 Å². The van der Waals surface area contributed by atoms with Gasteiger partial charge in [-0.15, -0.1) is 0 Å². The van der Waals surface area contributed by atoms with Gasteiger partial charge in [0.05, 0.1) is 0 Å². The van der Waals surface area contributed by atoms with Crippen molar-refractivity contribution in [3.8, 4) is 0 Å². The predicted octanol–water partition coefficient (Wildman–Crippen LogP) is 3.86. The molecule has 0 saturated carbocycles. The van der Waals surface area contributed by atoms with Crippen LogP contribution in [0.4, 0.5) is 0 Å². The number of hydrogen-bond donors (Lipinski definition) is 1. The summed E-state index contributed by atoms with van der Waals surface area (Å²) in [7, 11) is 0.